The molecule has 1 unspecified atom stereocenters. The van der Waals surface area contributed by atoms with Gasteiger partial charge in [-0.1, -0.05) is 0 Å². The Hall–Kier alpha value is -1.28. The van der Waals surface area contributed by atoms with Crippen molar-refractivity contribution in [1.82, 2.24) is 0 Å². The molecular weight excluding hydrogens is 295 g/mol. The van der Waals surface area contributed by atoms with Crippen LogP contribution in [0.15, 0.2) is 23.1 Å². The Bertz CT molecular complexity index is 610. The highest BCUT2D eigenvalue weighted by Gasteiger charge is 2.14. The fraction of sp³-hybridized carbons (Fsp3) is 0.364. The van der Waals surface area contributed by atoms with Gasteiger partial charge >= 0.3 is 5.97 Å². The molecule has 0 aliphatic heterocycles. The predicted molar refractivity (Wildman–Crippen MR) is 69.0 cm³/mol. The molecule has 1 aromatic carbocycles. The molecule has 0 radical (unpaired) electrons. The zero-order valence-corrected chi connectivity index (χ0v) is 11.8. The summed E-state index contributed by atoms with van der Waals surface area (Å²) in [6.07, 6.45) is 1.28. The molecule has 1 atom stereocenters. The normalized spacial score (nSPS) is 13.2. The lowest BCUT2D eigenvalue weighted by molar-refractivity contribution is 0.0691. The maximum absolute atomic E-state index is 13.1. The molecule has 1 aromatic rings. The van der Waals surface area contributed by atoms with E-state index in [2.05, 4.69) is 0 Å². The summed E-state index contributed by atoms with van der Waals surface area (Å²) >= 11 is 0. The van der Waals surface area contributed by atoms with Crippen LogP contribution in [0.3, 0.4) is 0 Å². The lowest BCUT2D eigenvalue weighted by atomic mass is 10.2. The number of carboxylic acid groups (broad SMARTS) is 1. The van der Waals surface area contributed by atoms with Gasteiger partial charge in [0.1, 0.15) is 15.7 Å². The van der Waals surface area contributed by atoms with Gasteiger partial charge in [0.2, 0.25) is 0 Å². The average molecular weight is 308 g/mol. The first-order valence-corrected chi connectivity index (χ1v) is 8.67. The summed E-state index contributed by atoms with van der Waals surface area (Å²) in [4.78, 5) is 10.9. The summed E-state index contributed by atoms with van der Waals surface area (Å²) < 4.78 is 46.8. The van der Waals surface area contributed by atoms with Gasteiger partial charge < -0.3 is 5.11 Å². The monoisotopic (exact) mass is 308 g/mol. The number of rotatable bonds is 6. The van der Waals surface area contributed by atoms with Crippen molar-refractivity contribution >= 4 is 26.6 Å². The van der Waals surface area contributed by atoms with E-state index in [1.807, 2.05) is 0 Å². The standard InChI is InChI=1S/C11H13FO5S2/c1-19(16,17)6-2-5-18(15)8-3-4-10(12)9(7-8)11(13)14/h3-4,7H,2,5-6H2,1H3,(H,13,14). The van der Waals surface area contributed by atoms with E-state index < -0.39 is 38.0 Å². The predicted octanol–water partition coefficient (Wildman–Crippen LogP) is 1.07. The summed E-state index contributed by atoms with van der Waals surface area (Å²) in [6, 6.07) is 3.18. The molecule has 0 spiro atoms. The van der Waals surface area contributed by atoms with E-state index in [1.165, 1.54) is 6.07 Å². The first-order valence-electron chi connectivity index (χ1n) is 5.29. The lowest BCUT2D eigenvalue weighted by Gasteiger charge is -2.04. The summed E-state index contributed by atoms with van der Waals surface area (Å²) in [7, 11) is -4.67. The molecule has 8 heteroatoms. The van der Waals surface area contributed by atoms with Crippen LogP contribution in [0.5, 0.6) is 0 Å². The van der Waals surface area contributed by atoms with Crippen LogP contribution < -0.4 is 0 Å². The van der Waals surface area contributed by atoms with Gasteiger partial charge in [0.05, 0.1) is 22.1 Å². The minimum Gasteiger partial charge on any atom is -0.478 e. The first-order chi connectivity index (χ1) is 8.70. The van der Waals surface area contributed by atoms with Gasteiger partial charge in [-0.05, 0) is 24.6 Å². The summed E-state index contributed by atoms with van der Waals surface area (Å²) in [5, 5.41) is 8.74. The molecule has 0 aliphatic carbocycles. The van der Waals surface area contributed by atoms with Crippen LogP contribution in [-0.2, 0) is 20.6 Å². The van der Waals surface area contributed by atoms with Crippen molar-refractivity contribution in [3.05, 3.63) is 29.6 Å². The Balaban J connectivity index is 2.78. The highest BCUT2D eigenvalue weighted by Crippen LogP contribution is 2.14. The van der Waals surface area contributed by atoms with E-state index in [4.69, 9.17) is 5.11 Å². The number of hydrogen-bond acceptors (Lipinski definition) is 4. The second-order valence-electron chi connectivity index (χ2n) is 3.98. The zero-order chi connectivity index (χ0) is 14.6. The molecule has 106 valence electrons. The Morgan fingerprint density at radius 3 is 2.58 bits per heavy atom. The summed E-state index contributed by atoms with van der Waals surface area (Å²) in [6.45, 7) is 0. The number of hydrogen-bond donors (Lipinski definition) is 1. The zero-order valence-electron chi connectivity index (χ0n) is 10.1. The van der Waals surface area contributed by atoms with Crippen molar-refractivity contribution < 1.29 is 26.9 Å². The highest BCUT2D eigenvalue weighted by molar-refractivity contribution is 7.90. The topological polar surface area (TPSA) is 88.5 Å². The molecule has 5 nitrogen and oxygen atoms in total. The summed E-state index contributed by atoms with van der Waals surface area (Å²) in [5.41, 5.74) is -0.547. The van der Waals surface area contributed by atoms with Crippen LogP contribution in [-0.4, -0.2) is 41.5 Å². The molecular formula is C11H13FO5S2. The van der Waals surface area contributed by atoms with Gasteiger partial charge in [-0.25, -0.2) is 17.6 Å². The number of carbonyl (C=O) groups is 1. The van der Waals surface area contributed by atoms with E-state index in [9.17, 15) is 21.8 Å². The van der Waals surface area contributed by atoms with Crippen LogP contribution >= 0.6 is 0 Å². The van der Waals surface area contributed by atoms with Crippen molar-refractivity contribution in [1.29, 1.82) is 0 Å². The van der Waals surface area contributed by atoms with Crippen LogP contribution in [0.25, 0.3) is 0 Å². The fourth-order valence-electron chi connectivity index (χ4n) is 1.38. The molecule has 1 rings (SSSR count). The SMILES string of the molecule is CS(=O)(=O)CCCS(=O)c1ccc(F)c(C(=O)O)c1. The van der Waals surface area contributed by atoms with Gasteiger partial charge in [0, 0.05) is 16.9 Å². The van der Waals surface area contributed by atoms with Crippen molar-refractivity contribution in [3.63, 3.8) is 0 Å². The van der Waals surface area contributed by atoms with E-state index in [0.717, 1.165) is 18.4 Å². The van der Waals surface area contributed by atoms with E-state index in [-0.39, 0.29) is 22.8 Å². The third-order valence-electron chi connectivity index (χ3n) is 2.28. The number of sulfone groups is 1. The first kappa shape index (κ1) is 15.8. The molecule has 19 heavy (non-hydrogen) atoms. The van der Waals surface area contributed by atoms with E-state index >= 15 is 0 Å². The molecule has 0 amide bonds. The largest absolute Gasteiger partial charge is 0.478 e. The van der Waals surface area contributed by atoms with Crippen LogP contribution in [0, 0.1) is 5.82 Å². The Morgan fingerprint density at radius 1 is 1.42 bits per heavy atom. The molecule has 0 aliphatic rings. The Kier molecular flexibility index (Phi) is 5.19. The van der Waals surface area contributed by atoms with Crippen molar-refractivity contribution in [2.24, 2.45) is 0 Å². The molecule has 1 N–H and O–H groups in total. The molecule has 0 heterocycles. The summed E-state index contributed by atoms with van der Waals surface area (Å²) in [5.74, 6) is -2.35. The fourth-order valence-corrected chi connectivity index (χ4v) is 3.34. The number of carboxylic acids is 1. The van der Waals surface area contributed by atoms with Crippen molar-refractivity contribution in [3.8, 4) is 0 Å². The van der Waals surface area contributed by atoms with Gasteiger partial charge in [0.25, 0.3) is 0 Å². The third kappa shape index (κ3) is 5.07. The minimum absolute atomic E-state index is 0.0811. The maximum Gasteiger partial charge on any atom is 0.338 e. The third-order valence-corrected chi connectivity index (χ3v) is 4.75. The Labute approximate surface area is 112 Å². The lowest BCUT2D eigenvalue weighted by Crippen LogP contribution is -2.09. The van der Waals surface area contributed by atoms with Gasteiger partial charge in [0.15, 0.2) is 0 Å². The molecule has 0 saturated carbocycles. The van der Waals surface area contributed by atoms with E-state index in [0.29, 0.717) is 0 Å². The van der Waals surface area contributed by atoms with Crippen molar-refractivity contribution in [2.45, 2.75) is 11.3 Å². The van der Waals surface area contributed by atoms with Gasteiger partial charge in [-0.15, -0.1) is 0 Å². The van der Waals surface area contributed by atoms with Gasteiger partial charge in [-0.2, -0.15) is 0 Å². The smallest absolute Gasteiger partial charge is 0.338 e. The van der Waals surface area contributed by atoms with E-state index in [1.54, 1.807) is 0 Å². The van der Waals surface area contributed by atoms with Crippen molar-refractivity contribution in [2.75, 3.05) is 17.8 Å². The average Bonchev–Trinajstić information content (AvgIpc) is 2.27. The highest BCUT2D eigenvalue weighted by atomic mass is 32.2. The molecule has 0 saturated heterocycles. The van der Waals surface area contributed by atoms with Crippen LogP contribution in [0.4, 0.5) is 4.39 Å². The molecule has 0 bridgehead atoms. The number of benzene rings is 1. The molecule has 0 aromatic heterocycles. The second kappa shape index (κ2) is 6.25. The number of aromatic carboxylic acids is 1. The van der Waals surface area contributed by atoms with Crippen LogP contribution in [0.2, 0.25) is 0 Å². The van der Waals surface area contributed by atoms with Crippen LogP contribution in [0.1, 0.15) is 16.8 Å². The minimum atomic E-state index is -3.12. The maximum atomic E-state index is 13.1. The van der Waals surface area contributed by atoms with Gasteiger partial charge in [-0.3, -0.25) is 4.21 Å². The Morgan fingerprint density at radius 2 is 2.05 bits per heavy atom. The quantitative estimate of drug-likeness (QED) is 0.849. The molecule has 0 fully saturated rings. The number of halogens is 1. The second-order valence-corrected chi connectivity index (χ2v) is 7.81.